The first-order valence-corrected chi connectivity index (χ1v) is 7.60. The molecule has 19 heavy (non-hydrogen) atoms. The number of ether oxygens (including phenoxy) is 2. The fourth-order valence-corrected chi connectivity index (χ4v) is 3.77. The van der Waals surface area contributed by atoms with Gasteiger partial charge < -0.3 is 14.8 Å². The van der Waals surface area contributed by atoms with E-state index in [0.717, 1.165) is 26.3 Å². The number of epoxide rings is 2. The van der Waals surface area contributed by atoms with Crippen LogP contribution >= 0.6 is 0 Å². The maximum absolute atomic E-state index is 5.44. The monoisotopic (exact) mass is 268 g/mol. The third kappa shape index (κ3) is 3.91. The van der Waals surface area contributed by atoms with Crippen LogP contribution in [0.3, 0.4) is 0 Å². The lowest BCUT2D eigenvalue weighted by molar-refractivity contribution is 0.0572. The second-order valence-electron chi connectivity index (χ2n) is 7.82. The van der Waals surface area contributed by atoms with Gasteiger partial charge in [0.25, 0.3) is 0 Å². The number of hydrogen-bond donors (Lipinski definition) is 1. The van der Waals surface area contributed by atoms with Crippen LogP contribution in [0.5, 0.6) is 0 Å². The van der Waals surface area contributed by atoms with E-state index >= 15 is 0 Å². The summed E-state index contributed by atoms with van der Waals surface area (Å²) in [6.45, 7) is 13.3. The number of hydrogen-bond acceptors (Lipinski definition) is 4. The summed E-state index contributed by atoms with van der Waals surface area (Å²) in [5.74, 6) is 0. The zero-order valence-electron chi connectivity index (χ0n) is 12.7. The van der Waals surface area contributed by atoms with E-state index in [4.69, 9.17) is 9.47 Å². The SMILES string of the molecule is CC1(C)CC(N(CC2CO2)CC2CO2)CC(C)(C)N1. The molecule has 0 saturated carbocycles. The largest absolute Gasteiger partial charge is 0.372 e. The van der Waals surface area contributed by atoms with Crippen molar-refractivity contribution >= 4 is 0 Å². The van der Waals surface area contributed by atoms with Crippen molar-refractivity contribution in [3.05, 3.63) is 0 Å². The van der Waals surface area contributed by atoms with Crippen molar-refractivity contribution < 1.29 is 9.47 Å². The second kappa shape index (κ2) is 4.69. The van der Waals surface area contributed by atoms with Crippen LogP contribution in [0.1, 0.15) is 40.5 Å². The van der Waals surface area contributed by atoms with E-state index in [-0.39, 0.29) is 11.1 Å². The summed E-state index contributed by atoms with van der Waals surface area (Å²) < 4.78 is 10.9. The summed E-state index contributed by atoms with van der Waals surface area (Å²) in [5, 5.41) is 3.77. The Labute approximate surface area is 116 Å². The van der Waals surface area contributed by atoms with Crippen molar-refractivity contribution in [3.63, 3.8) is 0 Å². The van der Waals surface area contributed by atoms with Gasteiger partial charge in [-0.2, -0.15) is 0 Å². The Morgan fingerprint density at radius 1 is 0.947 bits per heavy atom. The zero-order chi connectivity index (χ0) is 13.7. The summed E-state index contributed by atoms with van der Waals surface area (Å²) in [6, 6.07) is 0.639. The van der Waals surface area contributed by atoms with Crippen LogP contribution in [-0.4, -0.2) is 60.5 Å². The van der Waals surface area contributed by atoms with E-state index in [1.165, 1.54) is 12.8 Å². The predicted molar refractivity (Wildman–Crippen MR) is 75.4 cm³/mol. The van der Waals surface area contributed by atoms with E-state index in [1.807, 2.05) is 0 Å². The van der Waals surface area contributed by atoms with Gasteiger partial charge in [-0.3, -0.25) is 4.90 Å². The van der Waals surface area contributed by atoms with Gasteiger partial charge in [0.2, 0.25) is 0 Å². The van der Waals surface area contributed by atoms with E-state index in [1.54, 1.807) is 0 Å². The molecule has 110 valence electrons. The molecule has 0 spiro atoms. The Bertz CT molecular complexity index is 305. The average molecular weight is 268 g/mol. The van der Waals surface area contributed by atoms with Crippen molar-refractivity contribution in [2.45, 2.75) is 69.9 Å². The highest BCUT2D eigenvalue weighted by molar-refractivity contribution is 5.01. The van der Waals surface area contributed by atoms with Crippen molar-refractivity contribution in [2.24, 2.45) is 0 Å². The van der Waals surface area contributed by atoms with E-state index in [2.05, 4.69) is 37.9 Å². The number of nitrogens with zero attached hydrogens (tertiary/aromatic N) is 1. The first-order valence-electron chi connectivity index (χ1n) is 7.60. The van der Waals surface area contributed by atoms with Crippen LogP contribution in [0.2, 0.25) is 0 Å². The van der Waals surface area contributed by atoms with Gasteiger partial charge >= 0.3 is 0 Å². The van der Waals surface area contributed by atoms with Crippen LogP contribution in [0.15, 0.2) is 0 Å². The molecule has 2 unspecified atom stereocenters. The first-order chi connectivity index (χ1) is 8.83. The molecule has 3 heterocycles. The summed E-state index contributed by atoms with van der Waals surface area (Å²) in [5.41, 5.74) is 0.416. The van der Waals surface area contributed by atoms with Crippen LogP contribution in [-0.2, 0) is 9.47 Å². The van der Waals surface area contributed by atoms with Crippen LogP contribution in [0.4, 0.5) is 0 Å². The van der Waals surface area contributed by atoms with Crippen LogP contribution in [0, 0.1) is 0 Å². The van der Waals surface area contributed by atoms with Gasteiger partial charge in [-0.05, 0) is 40.5 Å². The quantitative estimate of drug-likeness (QED) is 0.765. The lowest BCUT2D eigenvalue weighted by Gasteiger charge is -2.49. The van der Waals surface area contributed by atoms with Gasteiger partial charge in [0.15, 0.2) is 0 Å². The van der Waals surface area contributed by atoms with E-state index in [0.29, 0.717) is 18.2 Å². The molecule has 1 N–H and O–H groups in total. The molecular formula is C15H28N2O2. The molecule has 3 fully saturated rings. The molecule has 0 aromatic carbocycles. The van der Waals surface area contributed by atoms with E-state index < -0.39 is 0 Å². The highest BCUT2D eigenvalue weighted by atomic mass is 16.6. The molecular weight excluding hydrogens is 240 g/mol. The minimum Gasteiger partial charge on any atom is -0.372 e. The van der Waals surface area contributed by atoms with Gasteiger partial charge in [-0.25, -0.2) is 0 Å². The molecule has 3 aliphatic heterocycles. The normalized spacial score (nSPS) is 36.5. The Morgan fingerprint density at radius 2 is 1.37 bits per heavy atom. The van der Waals surface area contributed by atoms with Crippen LogP contribution in [0.25, 0.3) is 0 Å². The second-order valence-corrected chi connectivity index (χ2v) is 7.82. The molecule has 4 nitrogen and oxygen atoms in total. The highest BCUT2D eigenvalue weighted by Gasteiger charge is 2.42. The maximum Gasteiger partial charge on any atom is 0.0936 e. The topological polar surface area (TPSA) is 40.3 Å². The van der Waals surface area contributed by atoms with Crippen molar-refractivity contribution in [3.8, 4) is 0 Å². The smallest absolute Gasteiger partial charge is 0.0936 e. The lowest BCUT2D eigenvalue weighted by Crippen LogP contribution is -2.62. The molecule has 2 atom stereocenters. The fourth-order valence-electron chi connectivity index (χ4n) is 3.77. The molecule has 0 aliphatic carbocycles. The molecule has 0 aromatic rings. The van der Waals surface area contributed by atoms with Crippen molar-refractivity contribution in [1.82, 2.24) is 10.2 Å². The Hall–Kier alpha value is -0.160. The maximum atomic E-state index is 5.44. The Balaban J connectivity index is 1.67. The number of rotatable bonds is 5. The van der Waals surface area contributed by atoms with Gasteiger partial charge in [0.05, 0.1) is 25.4 Å². The third-order valence-corrected chi connectivity index (χ3v) is 4.37. The third-order valence-electron chi connectivity index (χ3n) is 4.37. The molecule has 0 radical (unpaired) electrons. The minimum atomic E-state index is 0.208. The zero-order valence-corrected chi connectivity index (χ0v) is 12.7. The molecule has 3 saturated heterocycles. The van der Waals surface area contributed by atoms with Crippen molar-refractivity contribution in [2.75, 3.05) is 26.3 Å². The molecule has 3 aliphatic rings. The molecule has 0 bridgehead atoms. The summed E-state index contributed by atoms with van der Waals surface area (Å²) in [4.78, 5) is 2.62. The molecule has 4 heteroatoms. The van der Waals surface area contributed by atoms with E-state index in [9.17, 15) is 0 Å². The first kappa shape index (κ1) is 13.8. The van der Waals surface area contributed by atoms with Crippen LogP contribution < -0.4 is 5.32 Å². The molecule has 0 amide bonds. The van der Waals surface area contributed by atoms with Gasteiger partial charge in [-0.15, -0.1) is 0 Å². The number of piperidine rings is 1. The van der Waals surface area contributed by atoms with Gasteiger partial charge in [-0.1, -0.05) is 0 Å². The van der Waals surface area contributed by atoms with Gasteiger partial charge in [0, 0.05) is 30.2 Å². The standard InChI is InChI=1S/C15H28N2O2/c1-14(2)5-11(6-15(3,4)16-14)17(7-12-9-18-12)8-13-10-19-13/h11-13,16H,5-10H2,1-4H3. The summed E-state index contributed by atoms with van der Waals surface area (Å²) in [6.07, 6.45) is 3.35. The average Bonchev–Trinajstić information content (AvgIpc) is 3.05. The Morgan fingerprint density at radius 3 is 1.74 bits per heavy atom. The summed E-state index contributed by atoms with van der Waals surface area (Å²) >= 11 is 0. The Kier molecular flexibility index (Phi) is 3.41. The molecule has 0 aromatic heterocycles. The van der Waals surface area contributed by atoms with Crippen molar-refractivity contribution in [1.29, 1.82) is 0 Å². The summed E-state index contributed by atoms with van der Waals surface area (Å²) in [7, 11) is 0. The number of nitrogens with one attached hydrogen (secondary N) is 1. The van der Waals surface area contributed by atoms with Gasteiger partial charge in [0.1, 0.15) is 0 Å². The predicted octanol–water partition coefficient (Wildman–Crippen LogP) is 1.40. The minimum absolute atomic E-state index is 0.208. The molecule has 3 rings (SSSR count). The lowest BCUT2D eigenvalue weighted by atomic mass is 9.79. The fraction of sp³-hybridized carbons (Fsp3) is 1.00. The highest BCUT2D eigenvalue weighted by Crippen LogP contribution is 2.33.